The molecule has 2 aromatic heterocycles. The van der Waals surface area contributed by atoms with Gasteiger partial charge in [0.15, 0.2) is 10.8 Å². The summed E-state index contributed by atoms with van der Waals surface area (Å²) in [4.78, 5) is 18.7. The highest BCUT2D eigenvalue weighted by atomic mass is 79.9. The Labute approximate surface area is 205 Å². The van der Waals surface area contributed by atoms with Gasteiger partial charge in [0.1, 0.15) is 0 Å². The van der Waals surface area contributed by atoms with E-state index < -0.39 is 5.97 Å². The van der Waals surface area contributed by atoms with Crippen LogP contribution >= 0.6 is 27.3 Å². The zero-order valence-electron chi connectivity index (χ0n) is 18.4. The predicted octanol–water partition coefficient (Wildman–Crippen LogP) is 5.87. The van der Waals surface area contributed by atoms with Gasteiger partial charge in [-0.3, -0.25) is 0 Å². The Kier molecular flexibility index (Phi) is 7.47. The first-order valence-corrected chi connectivity index (χ1v) is 12.5. The molecule has 0 radical (unpaired) electrons. The fraction of sp³-hybridized carbons (Fsp3) is 0.280. The monoisotopic (exact) mass is 526 g/mol. The van der Waals surface area contributed by atoms with Crippen molar-refractivity contribution >= 4 is 49.3 Å². The van der Waals surface area contributed by atoms with Crippen molar-refractivity contribution in [3.63, 3.8) is 0 Å². The van der Waals surface area contributed by atoms with Crippen LogP contribution < -0.4 is 11.1 Å². The number of nitrogen functional groups attached to an aromatic ring is 1. The summed E-state index contributed by atoms with van der Waals surface area (Å²) in [6.45, 7) is 4.23. The van der Waals surface area contributed by atoms with E-state index >= 15 is 0 Å². The first-order chi connectivity index (χ1) is 15.9. The van der Waals surface area contributed by atoms with Crippen molar-refractivity contribution in [1.29, 1.82) is 0 Å². The zero-order chi connectivity index (χ0) is 23.4. The third-order valence-electron chi connectivity index (χ3n) is 5.56. The summed E-state index contributed by atoms with van der Waals surface area (Å²) in [6, 6.07) is 14.0. The van der Waals surface area contributed by atoms with E-state index in [1.807, 2.05) is 31.2 Å². The molecule has 0 amide bonds. The Bertz CT molecular complexity index is 1260. The molecule has 2 aromatic carbocycles. The summed E-state index contributed by atoms with van der Waals surface area (Å²) < 4.78 is 1.15. The molecule has 4 aromatic rings. The summed E-state index contributed by atoms with van der Waals surface area (Å²) in [7, 11) is 0. The van der Waals surface area contributed by atoms with Gasteiger partial charge in [-0.2, -0.15) is 0 Å². The molecule has 0 unspecified atom stereocenters. The van der Waals surface area contributed by atoms with Gasteiger partial charge in [0, 0.05) is 21.6 Å². The maximum Gasteiger partial charge on any atom is 0.356 e. The van der Waals surface area contributed by atoms with Crippen LogP contribution in [0, 0.1) is 12.8 Å². The number of halogens is 1. The van der Waals surface area contributed by atoms with Crippen LogP contribution in [0.5, 0.6) is 0 Å². The van der Waals surface area contributed by atoms with E-state index in [-0.39, 0.29) is 10.8 Å². The Balaban J connectivity index is 0.000000157. The highest BCUT2D eigenvalue weighted by Gasteiger charge is 2.20. The summed E-state index contributed by atoms with van der Waals surface area (Å²) in [5, 5.41) is 14.2. The fourth-order valence-corrected chi connectivity index (χ4v) is 4.85. The van der Waals surface area contributed by atoms with E-state index in [2.05, 4.69) is 55.6 Å². The predicted molar refractivity (Wildman–Crippen MR) is 139 cm³/mol. The van der Waals surface area contributed by atoms with Crippen molar-refractivity contribution in [3.05, 3.63) is 70.0 Å². The highest BCUT2D eigenvalue weighted by Crippen LogP contribution is 2.32. The third kappa shape index (κ3) is 6.22. The van der Waals surface area contributed by atoms with Crippen molar-refractivity contribution in [2.45, 2.75) is 26.2 Å². The van der Waals surface area contributed by atoms with Crippen LogP contribution in [0.3, 0.4) is 0 Å². The second-order valence-corrected chi connectivity index (χ2v) is 10.3. The number of hydrogen-bond acceptors (Lipinski definition) is 5. The lowest BCUT2D eigenvalue weighted by Gasteiger charge is -2.02. The highest BCUT2D eigenvalue weighted by molar-refractivity contribution is 9.10. The Hall–Kier alpha value is -2.68. The molecule has 172 valence electrons. The molecule has 0 aliphatic heterocycles. The number of nitrogens with two attached hydrogens (primary N) is 1. The number of aromatic carboxylic acids is 1. The van der Waals surface area contributed by atoms with Gasteiger partial charge in [-0.1, -0.05) is 57.1 Å². The van der Waals surface area contributed by atoms with E-state index in [0.717, 1.165) is 34.5 Å². The molecule has 0 spiro atoms. The number of thiazole rings is 1. The number of benzene rings is 2. The van der Waals surface area contributed by atoms with Crippen LogP contribution in [0.2, 0.25) is 0 Å². The summed E-state index contributed by atoms with van der Waals surface area (Å²) in [5.41, 5.74) is 10.1. The number of H-pyrrole nitrogens is 1. The Morgan fingerprint density at radius 1 is 1.30 bits per heavy atom. The minimum Gasteiger partial charge on any atom is -0.476 e. The zero-order valence-corrected chi connectivity index (χ0v) is 20.8. The van der Waals surface area contributed by atoms with Crippen LogP contribution in [0.15, 0.2) is 53.1 Å². The topological polar surface area (TPSA) is 104 Å². The van der Waals surface area contributed by atoms with Crippen molar-refractivity contribution in [2.24, 2.45) is 5.92 Å². The van der Waals surface area contributed by atoms with Crippen LogP contribution in [0.1, 0.15) is 34.5 Å². The maximum absolute atomic E-state index is 11.0. The van der Waals surface area contributed by atoms with Crippen LogP contribution in [0.4, 0.5) is 5.13 Å². The normalized spacial score (nSPS) is 13.0. The number of carboxylic acids is 1. The molecule has 8 heteroatoms. The number of carboxylic acid groups (broad SMARTS) is 1. The quantitative estimate of drug-likeness (QED) is 0.225. The maximum atomic E-state index is 11.0. The SMILES string of the molecule is Brc1ccc2[nH]cc(CCNCC3CC3)c2c1.Cc1cccc(-c2sc(N)nc2C(=O)O)c1. The van der Waals surface area contributed by atoms with Crippen molar-refractivity contribution in [3.8, 4) is 10.4 Å². The van der Waals surface area contributed by atoms with Gasteiger partial charge in [-0.15, -0.1) is 0 Å². The lowest BCUT2D eigenvalue weighted by Crippen LogP contribution is -2.19. The number of hydrogen-bond donors (Lipinski definition) is 4. The molecule has 0 atom stereocenters. The fourth-order valence-electron chi connectivity index (χ4n) is 3.67. The van der Waals surface area contributed by atoms with Gasteiger partial charge < -0.3 is 21.1 Å². The van der Waals surface area contributed by atoms with Gasteiger partial charge in [0.05, 0.1) is 4.88 Å². The summed E-state index contributed by atoms with van der Waals surface area (Å²) in [6.07, 6.45) is 6.08. The largest absolute Gasteiger partial charge is 0.476 e. The summed E-state index contributed by atoms with van der Waals surface area (Å²) in [5.74, 6) is -0.0865. The van der Waals surface area contributed by atoms with Gasteiger partial charge in [0.2, 0.25) is 0 Å². The van der Waals surface area contributed by atoms with Gasteiger partial charge >= 0.3 is 5.97 Å². The minimum atomic E-state index is -1.05. The van der Waals surface area contributed by atoms with Crippen molar-refractivity contribution < 1.29 is 9.90 Å². The second kappa shape index (κ2) is 10.5. The molecule has 1 saturated carbocycles. The average molecular weight is 527 g/mol. The van der Waals surface area contributed by atoms with Gasteiger partial charge in [-0.25, -0.2) is 9.78 Å². The van der Waals surface area contributed by atoms with Crippen LogP contribution in [-0.4, -0.2) is 34.1 Å². The lowest BCUT2D eigenvalue weighted by atomic mass is 10.1. The summed E-state index contributed by atoms with van der Waals surface area (Å²) >= 11 is 4.72. The second-order valence-electron chi connectivity index (χ2n) is 8.31. The lowest BCUT2D eigenvalue weighted by molar-refractivity contribution is 0.0692. The molecule has 5 N–H and O–H groups in total. The number of aromatic amines is 1. The number of rotatable bonds is 7. The van der Waals surface area contributed by atoms with E-state index in [4.69, 9.17) is 10.8 Å². The van der Waals surface area contributed by atoms with E-state index in [1.54, 1.807) is 0 Å². The minimum absolute atomic E-state index is 0.0214. The van der Waals surface area contributed by atoms with E-state index in [0.29, 0.717) is 4.88 Å². The van der Waals surface area contributed by atoms with Crippen LogP contribution in [0.25, 0.3) is 21.3 Å². The Morgan fingerprint density at radius 2 is 2.12 bits per heavy atom. The number of aryl methyl sites for hydroxylation is 1. The molecule has 5 rings (SSSR count). The Morgan fingerprint density at radius 3 is 2.85 bits per heavy atom. The number of anilines is 1. The standard InChI is InChI=1S/C14H17BrN2.C11H10N2O2S/c15-12-3-4-14-13(7-12)11(9-17-14)5-6-16-8-10-1-2-10;1-6-3-2-4-7(5-6)9-8(10(14)15)13-11(12)16-9/h3-4,7,9-10,16-17H,1-2,5-6,8H2;2-5H,1H3,(H2,12,13)(H,14,15). The first kappa shape index (κ1) is 23.5. The first-order valence-electron chi connectivity index (χ1n) is 10.9. The average Bonchev–Trinajstić information content (AvgIpc) is 3.40. The molecule has 1 aliphatic carbocycles. The van der Waals surface area contributed by atoms with Gasteiger partial charge in [0.25, 0.3) is 0 Å². The third-order valence-corrected chi connectivity index (χ3v) is 6.98. The number of nitrogens with one attached hydrogen (secondary N) is 2. The van der Waals surface area contributed by atoms with E-state index in [9.17, 15) is 4.79 Å². The van der Waals surface area contributed by atoms with Crippen molar-refractivity contribution in [1.82, 2.24) is 15.3 Å². The molecule has 2 heterocycles. The molecule has 1 fully saturated rings. The van der Waals surface area contributed by atoms with Crippen molar-refractivity contribution in [2.75, 3.05) is 18.8 Å². The van der Waals surface area contributed by atoms with Crippen LogP contribution in [-0.2, 0) is 6.42 Å². The molecule has 33 heavy (non-hydrogen) atoms. The molecule has 0 saturated heterocycles. The smallest absolute Gasteiger partial charge is 0.356 e. The molecule has 6 nitrogen and oxygen atoms in total. The molecular weight excluding hydrogens is 500 g/mol. The molecule has 1 aliphatic rings. The van der Waals surface area contributed by atoms with E-state index in [1.165, 1.54) is 47.2 Å². The number of fused-ring (bicyclic) bond motifs is 1. The molecule has 0 bridgehead atoms. The molecular formula is C25H27BrN4O2S. The number of carbonyl (C=O) groups is 1. The van der Waals surface area contributed by atoms with Gasteiger partial charge in [-0.05, 0) is 74.5 Å². The number of nitrogens with zero attached hydrogens (tertiary/aromatic N) is 1. The number of aromatic nitrogens is 2.